The molecule has 0 radical (unpaired) electrons. The van der Waals surface area contributed by atoms with Crippen molar-refractivity contribution in [2.75, 3.05) is 12.8 Å². The molecule has 0 unspecified atom stereocenters. The van der Waals surface area contributed by atoms with Crippen LogP contribution in [0.4, 0.5) is 5.82 Å². The van der Waals surface area contributed by atoms with Crippen molar-refractivity contribution >= 4 is 11.6 Å². The van der Waals surface area contributed by atoms with E-state index >= 15 is 0 Å². The fourth-order valence-corrected chi connectivity index (χ4v) is 2.51. The summed E-state index contributed by atoms with van der Waals surface area (Å²) in [6.45, 7) is 0. The molecule has 1 aromatic heterocycles. The van der Waals surface area contributed by atoms with Crippen molar-refractivity contribution in [2.45, 2.75) is 0 Å². The van der Waals surface area contributed by atoms with E-state index in [1.165, 1.54) is 0 Å². The summed E-state index contributed by atoms with van der Waals surface area (Å²) in [5, 5.41) is 9.42. The molecule has 24 heavy (non-hydrogen) atoms. The molecular formula is C19H15N3O2. The van der Waals surface area contributed by atoms with Crippen LogP contribution >= 0.6 is 0 Å². The molecule has 3 aromatic rings. The van der Waals surface area contributed by atoms with E-state index < -0.39 is 0 Å². The van der Waals surface area contributed by atoms with Crippen LogP contribution in [0.25, 0.3) is 5.69 Å². The van der Waals surface area contributed by atoms with Gasteiger partial charge in [-0.15, -0.1) is 0 Å². The molecule has 5 nitrogen and oxygen atoms in total. The van der Waals surface area contributed by atoms with Gasteiger partial charge in [-0.1, -0.05) is 30.3 Å². The molecule has 0 saturated heterocycles. The van der Waals surface area contributed by atoms with E-state index in [4.69, 9.17) is 10.5 Å². The van der Waals surface area contributed by atoms with Crippen LogP contribution in [0.5, 0.6) is 5.75 Å². The first kappa shape index (κ1) is 15.4. The summed E-state index contributed by atoms with van der Waals surface area (Å²) in [6, 6.07) is 18.1. The van der Waals surface area contributed by atoms with Crippen molar-refractivity contribution in [2.24, 2.45) is 0 Å². The molecule has 118 valence electrons. The molecule has 5 heteroatoms. The lowest BCUT2D eigenvalue weighted by molar-refractivity contribution is 0.103. The maximum atomic E-state index is 12.7. The summed E-state index contributed by atoms with van der Waals surface area (Å²) in [4.78, 5) is 12.7. The van der Waals surface area contributed by atoms with Crippen LogP contribution in [-0.4, -0.2) is 17.5 Å². The second-order valence-corrected chi connectivity index (χ2v) is 5.18. The number of aromatic nitrogens is 1. The fourth-order valence-electron chi connectivity index (χ4n) is 2.51. The molecule has 0 fully saturated rings. The van der Waals surface area contributed by atoms with Gasteiger partial charge in [-0.25, -0.2) is 0 Å². The number of benzene rings is 2. The Bertz CT molecular complexity index is 920. The molecule has 3 rings (SSSR count). The average molecular weight is 317 g/mol. The minimum atomic E-state index is -0.230. The zero-order chi connectivity index (χ0) is 17.1. The minimum absolute atomic E-state index is 0.180. The van der Waals surface area contributed by atoms with Crippen molar-refractivity contribution in [1.82, 2.24) is 4.57 Å². The lowest BCUT2D eigenvalue weighted by Gasteiger charge is -2.06. The van der Waals surface area contributed by atoms with E-state index in [-0.39, 0.29) is 22.7 Å². The number of nitriles is 1. The van der Waals surface area contributed by atoms with Crippen LogP contribution in [0.15, 0.2) is 60.8 Å². The van der Waals surface area contributed by atoms with Crippen LogP contribution in [0, 0.1) is 11.3 Å². The molecule has 0 amide bonds. The van der Waals surface area contributed by atoms with E-state index in [2.05, 4.69) is 0 Å². The molecule has 0 aliphatic carbocycles. The maximum Gasteiger partial charge on any atom is 0.195 e. The second-order valence-electron chi connectivity index (χ2n) is 5.18. The monoisotopic (exact) mass is 317 g/mol. The number of carbonyl (C=O) groups is 1. The number of carbonyl (C=O) groups excluding carboxylic acids is 1. The molecule has 0 saturated carbocycles. The number of ether oxygens (including phenoxy) is 1. The van der Waals surface area contributed by atoms with Crippen molar-refractivity contribution in [3.05, 3.63) is 77.5 Å². The predicted octanol–water partition coefficient (Wildman–Crippen LogP) is 3.17. The Morgan fingerprint density at radius 3 is 2.38 bits per heavy atom. The predicted molar refractivity (Wildman–Crippen MR) is 91.3 cm³/mol. The molecule has 0 aliphatic rings. The smallest absolute Gasteiger partial charge is 0.195 e. The van der Waals surface area contributed by atoms with Crippen molar-refractivity contribution in [1.29, 1.82) is 5.26 Å². The molecule has 1 heterocycles. The maximum absolute atomic E-state index is 12.7. The first-order valence-corrected chi connectivity index (χ1v) is 7.30. The van der Waals surface area contributed by atoms with Crippen LogP contribution < -0.4 is 10.5 Å². The molecule has 0 bridgehead atoms. The lowest BCUT2D eigenvalue weighted by Crippen LogP contribution is -2.02. The molecule has 0 atom stereocenters. The largest absolute Gasteiger partial charge is 0.497 e. The third-order valence-corrected chi connectivity index (χ3v) is 3.79. The number of nitrogens with two attached hydrogens (primary N) is 1. The quantitative estimate of drug-likeness (QED) is 0.749. The van der Waals surface area contributed by atoms with Gasteiger partial charge in [0.25, 0.3) is 0 Å². The first-order chi connectivity index (χ1) is 11.7. The van der Waals surface area contributed by atoms with Crippen molar-refractivity contribution < 1.29 is 9.53 Å². The summed E-state index contributed by atoms with van der Waals surface area (Å²) >= 11 is 0. The number of ketones is 1. The number of methoxy groups -OCH3 is 1. The Hall–Kier alpha value is -3.52. The summed E-state index contributed by atoms with van der Waals surface area (Å²) in [6.07, 6.45) is 1.60. The normalized spacial score (nSPS) is 10.2. The average Bonchev–Trinajstić information content (AvgIpc) is 2.98. The highest BCUT2D eigenvalue weighted by Crippen LogP contribution is 2.26. The highest BCUT2D eigenvalue weighted by atomic mass is 16.5. The molecule has 2 aromatic carbocycles. The van der Waals surface area contributed by atoms with E-state index in [1.54, 1.807) is 54.3 Å². The van der Waals surface area contributed by atoms with Gasteiger partial charge in [0.1, 0.15) is 23.2 Å². The Morgan fingerprint density at radius 2 is 1.79 bits per heavy atom. The Labute approximate surface area is 139 Å². The van der Waals surface area contributed by atoms with Gasteiger partial charge in [0.15, 0.2) is 5.78 Å². The van der Waals surface area contributed by atoms with E-state index in [0.717, 1.165) is 5.69 Å². The Balaban J connectivity index is 2.09. The summed E-state index contributed by atoms with van der Waals surface area (Å²) in [5.74, 6) is 0.721. The van der Waals surface area contributed by atoms with Gasteiger partial charge >= 0.3 is 0 Å². The lowest BCUT2D eigenvalue weighted by atomic mass is 10.0. The number of nitrogens with zero attached hydrogens (tertiary/aromatic N) is 2. The fraction of sp³-hybridized carbons (Fsp3) is 0.0526. The number of hydrogen-bond donors (Lipinski definition) is 1. The molecule has 0 aliphatic heterocycles. The van der Waals surface area contributed by atoms with Gasteiger partial charge in [0, 0.05) is 17.4 Å². The summed E-state index contributed by atoms with van der Waals surface area (Å²) in [5.41, 5.74) is 7.82. The van der Waals surface area contributed by atoms with E-state index in [0.29, 0.717) is 11.3 Å². The van der Waals surface area contributed by atoms with Gasteiger partial charge in [-0.2, -0.15) is 5.26 Å². The third-order valence-electron chi connectivity index (χ3n) is 3.79. The highest BCUT2D eigenvalue weighted by molar-refractivity contribution is 6.11. The minimum Gasteiger partial charge on any atom is -0.497 e. The van der Waals surface area contributed by atoms with Crippen LogP contribution in [0.3, 0.4) is 0 Å². The second kappa shape index (κ2) is 6.31. The standard InChI is InChI=1S/C19H15N3O2/c1-24-15-9-7-14(8-10-15)22-12-17(16(11-20)19(22)21)18(23)13-5-3-2-4-6-13/h2-10,12H,21H2,1H3. The topological polar surface area (TPSA) is 81.0 Å². The van der Waals surface area contributed by atoms with Gasteiger partial charge in [-0.05, 0) is 24.3 Å². The molecule has 2 N–H and O–H groups in total. The van der Waals surface area contributed by atoms with Gasteiger partial charge < -0.3 is 15.0 Å². The zero-order valence-corrected chi connectivity index (χ0v) is 13.1. The number of anilines is 1. The van der Waals surface area contributed by atoms with Crippen molar-refractivity contribution in [3.8, 4) is 17.5 Å². The van der Waals surface area contributed by atoms with E-state index in [9.17, 15) is 10.1 Å². The molecular weight excluding hydrogens is 302 g/mol. The van der Waals surface area contributed by atoms with Crippen molar-refractivity contribution in [3.63, 3.8) is 0 Å². The Morgan fingerprint density at radius 1 is 1.12 bits per heavy atom. The number of rotatable bonds is 4. The first-order valence-electron chi connectivity index (χ1n) is 7.30. The highest BCUT2D eigenvalue weighted by Gasteiger charge is 2.21. The van der Waals surface area contributed by atoms with E-state index in [1.807, 2.05) is 24.3 Å². The van der Waals surface area contributed by atoms with Crippen LogP contribution in [0.1, 0.15) is 21.5 Å². The van der Waals surface area contributed by atoms with Gasteiger partial charge in [0.05, 0.1) is 12.7 Å². The number of hydrogen-bond acceptors (Lipinski definition) is 4. The molecule has 0 spiro atoms. The van der Waals surface area contributed by atoms with Gasteiger partial charge in [0.2, 0.25) is 0 Å². The van der Waals surface area contributed by atoms with Crippen LogP contribution in [0.2, 0.25) is 0 Å². The third kappa shape index (κ3) is 2.61. The van der Waals surface area contributed by atoms with Gasteiger partial charge in [-0.3, -0.25) is 4.79 Å². The number of nitrogen functional groups attached to an aromatic ring is 1. The summed E-state index contributed by atoms with van der Waals surface area (Å²) < 4.78 is 6.77. The Kier molecular flexibility index (Phi) is 4.04. The SMILES string of the molecule is COc1ccc(-n2cc(C(=O)c3ccccc3)c(C#N)c2N)cc1. The zero-order valence-electron chi connectivity index (χ0n) is 13.1. The summed E-state index contributed by atoms with van der Waals surface area (Å²) in [7, 11) is 1.59. The van der Waals surface area contributed by atoms with Crippen LogP contribution in [-0.2, 0) is 0 Å².